The van der Waals surface area contributed by atoms with Crippen molar-refractivity contribution in [3.05, 3.63) is 41.7 Å². The van der Waals surface area contributed by atoms with E-state index in [-0.39, 0.29) is 5.41 Å². The molecule has 0 atom stereocenters. The summed E-state index contributed by atoms with van der Waals surface area (Å²) in [6, 6.07) is 10.6. The van der Waals surface area contributed by atoms with Crippen LogP contribution in [0.3, 0.4) is 0 Å². The first-order valence-corrected chi connectivity index (χ1v) is 7.66. The van der Waals surface area contributed by atoms with Crippen LogP contribution in [0, 0.1) is 0 Å². The lowest BCUT2D eigenvalue weighted by molar-refractivity contribution is 0.546. The molecule has 0 radical (unpaired) electrons. The molecule has 3 heteroatoms. The number of aromatic nitrogens is 2. The second kappa shape index (κ2) is 6.25. The normalized spacial score (nSPS) is 11.5. The van der Waals surface area contributed by atoms with Gasteiger partial charge in [0.05, 0.1) is 5.69 Å². The summed E-state index contributed by atoms with van der Waals surface area (Å²) in [7, 11) is 0. The number of rotatable bonds is 4. The monoisotopic (exact) mass is 283 g/mol. The van der Waals surface area contributed by atoms with Gasteiger partial charge in [0.15, 0.2) is 0 Å². The standard InChI is InChI=1S/C18H25N3/c1-6-13-9-8-10-14(11-13)15-12-16(19-7-2)21-17(20-15)18(3,4)5/h8-12H,6-7H2,1-5H3,(H,19,20,21). The molecule has 1 heterocycles. The first-order chi connectivity index (χ1) is 9.94. The zero-order valence-electron chi connectivity index (χ0n) is 13.7. The van der Waals surface area contributed by atoms with Crippen molar-refractivity contribution in [2.24, 2.45) is 0 Å². The zero-order chi connectivity index (χ0) is 15.5. The van der Waals surface area contributed by atoms with Crippen LogP contribution in [0.15, 0.2) is 30.3 Å². The molecule has 21 heavy (non-hydrogen) atoms. The van der Waals surface area contributed by atoms with E-state index in [4.69, 9.17) is 4.98 Å². The third kappa shape index (κ3) is 3.81. The minimum atomic E-state index is -0.0669. The Morgan fingerprint density at radius 2 is 1.81 bits per heavy atom. The van der Waals surface area contributed by atoms with Crippen molar-refractivity contribution in [2.75, 3.05) is 11.9 Å². The maximum Gasteiger partial charge on any atom is 0.136 e. The van der Waals surface area contributed by atoms with E-state index in [9.17, 15) is 0 Å². The molecule has 1 N–H and O–H groups in total. The quantitative estimate of drug-likeness (QED) is 0.901. The lowest BCUT2D eigenvalue weighted by Crippen LogP contribution is -2.17. The Morgan fingerprint density at radius 1 is 1.05 bits per heavy atom. The Hall–Kier alpha value is -1.90. The molecule has 0 aliphatic heterocycles. The zero-order valence-corrected chi connectivity index (χ0v) is 13.7. The number of anilines is 1. The molecule has 0 aliphatic rings. The molecular formula is C18H25N3. The van der Waals surface area contributed by atoms with E-state index < -0.39 is 0 Å². The van der Waals surface area contributed by atoms with Crippen LogP contribution in [0.2, 0.25) is 0 Å². The van der Waals surface area contributed by atoms with Gasteiger partial charge in [0.25, 0.3) is 0 Å². The van der Waals surface area contributed by atoms with Gasteiger partial charge in [-0.2, -0.15) is 0 Å². The lowest BCUT2D eigenvalue weighted by Gasteiger charge is -2.19. The average molecular weight is 283 g/mol. The van der Waals surface area contributed by atoms with Gasteiger partial charge >= 0.3 is 0 Å². The second-order valence-corrected chi connectivity index (χ2v) is 6.30. The summed E-state index contributed by atoms with van der Waals surface area (Å²) in [5, 5.41) is 3.31. The van der Waals surface area contributed by atoms with E-state index in [0.29, 0.717) is 0 Å². The molecule has 2 aromatic rings. The molecule has 0 spiro atoms. The molecule has 1 aromatic heterocycles. The number of nitrogens with one attached hydrogen (secondary N) is 1. The summed E-state index contributed by atoms with van der Waals surface area (Å²) in [6.45, 7) is 11.5. The topological polar surface area (TPSA) is 37.8 Å². The predicted octanol–water partition coefficient (Wildman–Crippen LogP) is 4.44. The fraction of sp³-hybridized carbons (Fsp3) is 0.444. The van der Waals surface area contributed by atoms with Crippen LogP contribution in [0.25, 0.3) is 11.3 Å². The van der Waals surface area contributed by atoms with Crippen LogP contribution < -0.4 is 5.32 Å². The third-order valence-electron chi connectivity index (χ3n) is 3.39. The van der Waals surface area contributed by atoms with Crippen molar-refractivity contribution in [3.63, 3.8) is 0 Å². The van der Waals surface area contributed by atoms with E-state index in [1.165, 1.54) is 5.56 Å². The Balaban J connectivity index is 2.53. The van der Waals surface area contributed by atoms with E-state index in [1.54, 1.807) is 0 Å². The van der Waals surface area contributed by atoms with Crippen molar-refractivity contribution >= 4 is 5.82 Å². The maximum absolute atomic E-state index is 4.78. The van der Waals surface area contributed by atoms with Crippen LogP contribution in [0.4, 0.5) is 5.82 Å². The fourth-order valence-corrected chi connectivity index (χ4v) is 2.15. The van der Waals surface area contributed by atoms with Crippen molar-refractivity contribution in [3.8, 4) is 11.3 Å². The largest absolute Gasteiger partial charge is 0.370 e. The minimum Gasteiger partial charge on any atom is -0.370 e. The molecule has 0 bridgehead atoms. The SMILES string of the molecule is CCNc1cc(-c2cccc(CC)c2)nc(C(C)(C)C)n1. The molecule has 0 aliphatic carbocycles. The average Bonchev–Trinajstić information content (AvgIpc) is 2.46. The van der Waals surface area contributed by atoms with Gasteiger partial charge in [0, 0.05) is 23.6 Å². The van der Waals surface area contributed by atoms with E-state index in [2.05, 4.69) is 69.2 Å². The van der Waals surface area contributed by atoms with Crippen LogP contribution in [-0.4, -0.2) is 16.5 Å². The van der Waals surface area contributed by atoms with Crippen molar-refractivity contribution in [2.45, 2.75) is 46.5 Å². The number of aryl methyl sites for hydroxylation is 1. The van der Waals surface area contributed by atoms with E-state index in [0.717, 1.165) is 35.9 Å². The molecule has 0 fully saturated rings. The Labute approximate surface area is 127 Å². The number of benzene rings is 1. The minimum absolute atomic E-state index is 0.0669. The Kier molecular flexibility index (Phi) is 4.61. The molecule has 0 amide bonds. The van der Waals surface area contributed by atoms with Gasteiger partial charge in [0.2, 0.25) is 0 Å². The molecular weight excluding hydrogens is 258 g/mol. The van der Waals surface area contributed by atoms with Gasteiger partial charge in [-0.3, -0.25) is 0 Å². The number of hydrogen-bond acceptors (Lipinski definition) is 3. The highest BCUT2D eigenvalue weighted by Gasteiger charge is 2.19. The highest BCUT2D eigenvalue weighted by Crippen LogP contribution is 2.26. The first-order valence-electron chi connectivity index (χ1n) is 7.66. The third-order valence-corrected chi connectivity index (χ3v) is 3.39. The smallest absolute Gasteiger partial charge is 0.136 e. The van der Waals surface area contributed by atoms with Crippen molar-refractivity contribution in [1.29, 1.82) is 0 Å². The summed E-state index contributed by atoms with van der Waals surface area (Å²) in [4.78, 5) is 9.42. The summed E-state index contributed by atoms with van der Waals surface area (Å²) < 4.78 is 0. The Morgan fingerprint density at radius 3 is 2.43 bits per heavy atom. The fourth-order valence-electron chi connectivity index (χ4n) is 2.15. The molecule has 2 rings (SSSR count). The summed E-state index contributed by atoms with van der Waals surface area (Å²) in [5.41, 5.74) is 3.40. The summed E-state index contributed by atoms with van der Waals surface area (Å²) >= 11 is 0. The van der Waals surface area contributed by atoms with Gasteiger partial charge in [-0.1, -0.05) is 45.9 Å². The van der Waals surface area contributed by atoms with Crippen molar-refractivity contribution < 1.29 is 0 Å². The number of nitrogens with zero attached hydrogens (tertiary/aromatic N) is 2. The first kappa shape index (κ1) is 15.5. The highest BCUT2D eigenvalue weighted by molar-refractivity contribution is 5.63. The van der Waals surface area contributed by atoms with Crippen LogP contribution in [0.1, 0.15) is 46.0 Å². The molecule has 1 aromatic carbocycles. The van der Waals surface area contributed by atoms with Gasteiger partial charge in [0.1, 0.15) is 11.6 Å². The van der Waals surface area contributed by atoms with Gasteiger partial charge in [-0.15, -0.1) is 0 Å². The van der Waals surface area contributed by atoms with Crippen LogP contribution >= 0.6 is 0 Å². The molecule has 3 nitrogen and oxygen atoms in total. The van der Waals surface area contributed by atoms with Gasteiger partial charge in [-0.25, -0.2) is 9.97 Å². The summed E-state index contributed by atoms with van der Waals surface area (Å²) in [6.07, 6.45) is 1.03. The van der Waals surface area contributed by atoms with Crippen LogP contribution in [0.5, 0.6) is 0 Å². The Bertz CT molecular complexity index is 612. The van der Waals surface area contributed by atoms with Crippen LogP contribution in [-0.2, 0) is 11.8 Å². The number of hydrogen-bond donors (Lipinski definition) is 1. The van der Waals surface area contributed by atoms with Gasteiger partial charge < -0.3 is 5.32 Å². The molecule has 0 unspecified atom stereocenters. The second-order valence-electron chi connectivity index (χ2n) is 6.30. The summed E-state index contributed by atoms with van der Waals surface area (Å²) in [5.74, 6) is 1.77. The molecule has 112 valence electrons. The van der Waals surface area contributed by atoms with Crippen molar-refractivity contribution in [1.82, 2.24) is 9.97 Å². The van der Waals surface area contributed by atoms with E-state index >= 15 is 0 Å². The highest BCUT2D eigenvalue weighted by atomic mass is 15.0. The maximum atomic E-state index is 4.78. The molecule has 0 saturated heterocycles. The van der Waals surface area contributed by atoms with E-state index in [1.807, 2.05) is 6.07 Å². The lowest BCUT2D eigenvalue weighted by atomic mass is 9.95. The predicted molar refractivity (Wildman–Crippen MR) is 89.7 cm³/mol. The van der Waals surface area contributed by atoms with Gasteiger partial charge in [-0.05, 0) is 25.0 Å². The molecule has 0 saturated carbocycles.